The summed E-state index contributed by atoms with van der Waals surface area (Å²) in [4.78, 5) is 11.1. The Morgan fingerprint density at radius 3 is 2.83 bits per heavy atom. The minimum Gasteiger partial charge on any atom is -0.477 e. The van der Waals surface area contributed by atoms with Gasteiger partial charge in [0, 0.05) is 26.8 Å². The summed E-state index contributed by atoms with van der Waals surface area (Å²) >= 11 is 0. The molecule has 0 amide bonds. The van der Waals surface area contributed by atoms with Gasteiger partial charge in [0.25, 0.3) is 0 Å². The molecular formula is C12H21N3O3. The van der Waals surface area contributed by atoms with Gasteiger partial charge in [-0.25, -0.2) is 4.79 Å². The molecule has 2 N–H and O–H groups in total. The molecule has 1 heterocycles. The van der Waals surface area contributed by atoms with Gasteiger partial charge in [0.1, 0.15) is 11.4 Å². The predicted octanol–water partition coefficient (Wildman–Crippen LogP) is 1.66. The Bertz CT molecular complexity index is 402. The van der Waals surface area contributed by atoms with Crippen LogP contribution in [0.25, 0.3) is 0 Å². The first-order valence-corrected chi connectivity index (χ1v) is 6.16. The van der Waals surface area contributed by atoms with Gasteiger partial charge < -0.3 is 15.2 Å². The zero-order valence-electron chi connectivity index (χ0n) is 11.2. The van der Waals surface area contributed by atoms with Crippen LogP contribution in [-0.2, 0) is 11.8 Å². The Hall–Kier alpha value is -1.56. The molecule has 1 aromatic heterocycles. The largest absolute Gasteiger partial charge is 0.477 e. The average molecular weight is 255 g/mol. The Morgan fingerprint density at radius 1 is 1.50 bits per heavy atom. The van der Waals surface area contributed by atoms with Crippen LogP contribution >= 0.6 is 0 Å². The molecule has 0 aliphatic rings. The Balaban J connectivity index is 2.49. The molecule has 6 heteroatoms. The third kappa shape index (κ3) is 3.73. The summed E-state index contributed by atoms with van der Waals surface area (Å²) < 4.78 is 6.92. The van der Waals surface area contributed by atoms with Crippen molar-refractivity contribution in [2.75, 3.05) is 25.1 Å². The number of carboxylic acids is 1. The van der Waals surface area contributed by atoms with Gasteiger partial charge in [0.2, 0.25) is 0 Å². The second-order valence-electron chi connectivity index (χ2n) is 4.13. The lowest BCUT2D eigenvalue weighted by molar-refractivity contribution is 0.0697. The Kier molecular flexibility index (Phi) is 5.64. The van der Waals surface area contributed by atoms with E-state index < -0.39 is 5.97 Å². The number of carboxylic acid groups (broad SMARTS) is 1. The molecule has 6 nitrogen and oxygen atoms in total. The third-order valence-electron chi connectivity index (χ3n) is 2.54. The molecule has 0 unspecified atom stereocenters. The number of aromatic carboxylic acids is 1. The molecule has 0 aromatic carbocycles. The van der Waals surface area contributed by atoms with Crippen LogP contribution in [0, 0.1) is 6.92 Å². The number of hydrogen-bond acceptors (Lipinski definition) is 4. The topological polar surface area (TPSA) is 76.4 Å². The first kappa shape index (κ1) is 14.5. The maximum atomic E-state index is 11.1. The fourth-order valence-electron chi connectivity index (χ4n) is 1.74. The normalized spacial score (nSPS) is 10.6. The molecule has 102 valence electrons. The molecule has 0 spiro atoms. The summed E-state index contributed by atoms with van der Waals surface area (Å²) in [6.07, 6.45) is 1.85. The van der Waals surface area contributed by atoms with E-state index in [1.54, 1.807) is 18.7 Å². The van der Waals surface area contributed by atoms with Crippen LogP contribution in [-0.4, -0.2) is 40.6 Å². The maximum Gasteiger partial charge on any atom is 0.341 e. The number of anilines is 1. The van der Waals surface area contributed by atoms with E-state index in [0.29, 0.717) is 24.7 Å². The molecule has 0 atom stereocenters. The second kappa shape index (κ2) is 7.00. The minimum absolute atomic E-state index is 0.243. The lowest BCUT2D eigenvalue weighted by Gasteiger charge is -2.08. The molecule has 0 aliphatic carbocycles. The number of nitrogens with one attached hydrogen (secondary N) is 1. The van der Waals surface area contributed by atoms with Crippen molar-refractivity contribution in [3.8, 4) is 0 Å². The number of carbonyl (C=O) groups is 1. The van der Waals surface area contributed by atoms with E-state index in [1.165, 1.54) is 0 Å². The van der Waals surface area contributed by atoms with Crippen molar-refractivity contribution >= 4 is 11.8 Å². The van der Waals surface area contributed by atoms with Crippen LogP contribution in [0.2, 0.25) is 0 Å². The van der Waals surface area contributed by atoms with E-state index in [-0.39, 0.29) is 5.56 Å². The molecular weight excluding hydrogens is 234 g/mol. The van der Waals surface area contributed by atoms with Gasteiger partial charge in [-0.15, -0.1) is 0 Å². The van der Waals surface area contributed by atoms with Crippen molar-refractivity contribution in [1.82, 2.24) is 9.78 Å². The molecule has 0 bridgehead atoms. The third-order valence-corrected chi connectivity index (χ3v) is 2.54. The molecule has 0 saturated carbocycles. The Labute approximate surface area is 107 Å². The van der Waals surface area contributed by atoms with Crippen molar-refractivity contribution in [1.29, 1.82) is 0 Å². The summed E-state index contributed by atoms with van der Waals surface area (Å²) in [6, 6.07) is 0. The first-order valence-electron chi connectivity index (χ1n) is 6.16. The number of nitrogens with zero attached hydrogens (tertiary/aromatic N) is 2. The van der Waals surface area contributed by atoms with E-state index in [1.807, 2.05) is 0 Å². The molecule has 0 aliphatic heterocycles. The van der Waals surface area contributed by atoms with Gasteiger partial charge >= 0.3 is 5.97 Å². The van der Waals surface area contributed by atoms with Gasteiger partial charge in [0.15, 0.2) is 0 Å². The molecule has 0 saturated heterocycles. The second-order valence-corrected chi connectivity index (χ2v) is 4.13. The average Bonchev–Trinajstić information content (AvgIpc) is 2.58. The zero-order valence-corrected chi connectivity index (χ0v) is 11.2. The maximum absolute atomic E-state index is 11.1. The highest BCUT2D eigenvalue weighted by Gasteiger charge is 2.18. The molecule has 1 rings (SSSR count). The van der Waals surface area contributed by atoms with Gasteiger partial charge in [-0.1, -0.05) is 6.92 Å². The number of ether oxygens (including phenoxy) is 1. The van der Waals surface area contributed by atoms with E-state index >= 15 is 0 Å². The fraction of sp³-hybridized carbons (Fsp3) is 0.667. The molecule has 18 heavy (non-hydrogen) atoms. The monoisotopic (exact) mass is 255 g/mol. The van der Waals surface area contributed by atoms with Crippen molar-refractivity contribution in [3.05, 3.63) is 11.3 Å². The highest BCUT2D eigenvalue weighted by molar-refractivity contribution is 5.94. The van der Waals surface area contributed by atoms with Crippen LogP contribution < -0.4 is 5.32 Å². The molecule has 0 radical (unpaired) electrons. The first-order chi connectivity index (χ1) is 8.57. The quantitative estimate of drug-likeness (QED) is 0.691. The summed E-state index contributed by atoms with van der Waals surface area (Å²) in [7, 11) is 1.73. The summed E-state index contributed by atoms with van der Waals surface area (Å²) in [6.45, 7) is 5.88. The number of hydrogen-bond donors (Lipinski definition) is 2. The Morgan fingerprint density at radius 2 is 2.22 bits per heavy atom. The zero-order chi connectivity index (χ0) is 13.5. The standard InChI is InChI=1S/C12H21N3O3/c1-4-7-18-8-5-6-13-11-10(12(16)17)9(2)14-15(11)3/h13H,4-8H2,1-3H3,(H,16,17). The van der Waals surface area contributed by atoms with Crippen molar-refractivity contribution in [2.24, 2.45) is 7.05 Å². The summed E-state index contributed by atoms with van der Waals surface area (Å²) in [5, 5.41) is 16.3. The SMILES string of the molecule is CCCOCCCNc1c(C(=O)O)c(C)nn1C. The summed E-state index contributed by atoms with van der Waals surface area (Å²) in [5.74, 6) is -0.402. The highest BCUT2D eigenvalue weighted by Crippen LogP contribution is 2.18. The van der Waals surface area contributed by atoms with Crippen molar-refractivity contribution < 1.29 is 14.6 Å². The van der Waals surface area contributed by atoms with E-state index in [0.717, 1.165) is 19.4 Å². The fourth-order valence-corrected chi connectivity index (χ4v) is 1.74. The van der Waals surface area contributed by atoms with E-state index in [9.17, 15) is 4.79 Å². The van der Waals surface area contributed by atoms with Crippen LogP contribution in [0.3, 0.4) is 0 Å². The highest BCUT2D eigenvalue weighted by atomic mass is 16.5. The van der Waals surface area contributed by atoms with Gasteiger partial charge in [-0.05, 0) is 19.8 Å². The van der Waals surface area contributed by atoms with Crippen LogP contribution in [0.1, 0.15) is 35.8 Å². The van der Waals surface area contributed by atoms with Gasteiger partial charge in [-0.3, -0.25) is 4.68 Å². The summed E-state index contributed by atoms with van der Waals surface area (Å²) in [5.41, 5.74) is 0.765. The van der Waals surface area contributed by atoms with Crippen molar-refractivity contribution in [2.45, 2.75) is 26.7 Å². The van der Waals surface area contributed by atoms with E-state index in [4.69, 9.17) is 9.84 Å². The van der Waals surface area contributed by atoms with Crippen LogP contribution in [0.15, 0.2) is 0 Å². The van der Waals surface area contributed by atoms with Gasteiger partial charge in [-0.2, -0.15) is 5.10 Å². The van der Waals surface area contributed by atoms with E-state index in [2.05, 4.69) is 17.3 Å². The lowest BCUT2D eigenvalue weighted by Crippen LogP contribution is -2.12. The number of aryl methyl sites for hydroxylation is 2. The van der Waals surface area contributed by atoms with Crippen LogP contribution in [0.4, 0.5) is 5.82 Å². The predicted molar refractivity (Wildman–Crippen MR) is 69.1 cm³/mol. The van der Waals surface area contributed by atoms with Crippen LogP contribution in [0.5, 0.6) is 0 Å². The molecule has 1 aromatic rings. The lowest BCUT2D eigenvalue weighted by atomic mass is 10.2. The minimum atomic E-state index is -0.953. The van der Waals surface area contributed by atoms with Crippen molar-refractivity contribution in [3.63, 3.8) is 0 Å². The molecule has 0 fully saturated rings. The smallest absolute Gasteiger partial charge is 0.341 e. The van der Waals surface area contributed by atoms with Gasteiger partial charge in [0.05, 0.1) is 5.69 Å². The number of rotatable bonds is 8. The number of aromatic nitrogens is 2.